The van der Waals surface area contributed by atoms with Crippen LogP contribution in [0.3, 0.4) is 0 Å². The molecule has 0 aliphatic carbocycles. The van der Waals surface area contributed by atoms with E-state index in [1.165, 1.54) is 0 Å². The van der Waals surface area contributed by atoms with E-state index in [0.29, 0.717) is 11.7 Å². The summed E-state index contributed by atoms with van der Waals surface area (Å²) in [6.07, 6.45) is 1.61. The monoisotopic (exact) mass is 250 g/mol. The molecule has 1 aromatic rings. The fraction of sp³-hybridized carbons (Fsp3) is 0.286. The van der Waals surface area contributed by atoms with E-state index in [9.17, 15) is 0 Å². The number of pyridine rings is 1. The molecule has 0 fully saturated rings. The molecule has 3 nitrogen and oxygen atoms in total. The van der Waals surface area contributed by atoms with E-state index in [1.54, 1.807) is 19.3 Å². The van der Waals surface area contributed by atoms with Gasteiger partial charge >= 0.3 is 0 Å². The molecule has 5 heteroatoms. The van der Waals surface area contributed by atoms with Crippen molar-refractivity contribution < 1.29 is 5.21 Å². The fourth-order valence-electron chi connectivity index (χ4n) is 0.819. The van der Waals surface area contributed by atoms with Gasteiger partial charge in [-0.05, 0) is 27.6 Å². The van der Waals surface area contributed by atoms with Gasteiger partial charge in [-0.1, -0.05) is 11.6 Å². The van der Waals surface area contributed by atoms with Crippen LogP contribution in [0.4, 0.5) is 0 Å². The van der Waals surface area contributed by atoms with Gasteiger partial charge in [0, 0.05) is 24.3 Å². The lowest BCUT2D eigenvalue weighted by atomic mass is 10.3. The molecule has 0 amide bonds. The minimum absolute atomic E-state index is 0.419. The SMILES string of the molecule is CN(O)Cc1cc(Cl)ncc1Br. The van der Waals surface area contributed by atoms with Gasteiger partial charge in [0.25, 0.3) is 0 Å². The van der Waals surface area contributed by atoms with Crippen molar-refractivity contribution in [1.29, 1.82) is 0 Å². The third-order valence-electron chi connectivity index (χ3n) is 1.30. The summed E-state index contributed by atoms with van der Waals surface area (Å²) < 4.78 is 0.841. The van der Waals surface area contributed by atoms with Crippen LogP contribution in [0.15, 0.2) is 16.7 Å². The van der Waals surface area contributed by atoms with Gasteiger partial charge in [0.05, 0.1) is 0 Å². The summed E-state index contributed by atoms with van der Waals surface area (Å²) in [5.74, 6) is 0. The molecular formula is C7H8BrClN2O. The summed E-state index contributed by atoms with van der Waals surface area (Å²) in [6, 6.07) is 1.71. The first-order valence-electron chi connectivity index (χ1n) is 3.29. The van der Waals surface area contributed by atoms with Crippen LogP contribution in [-0.2, 0) is 6.54 Å². The predicted molar refractivity (Wildman–Crippen MR) is 50.2 cm³/mol. The van der Waals surface area contributed by atoms with Crippen LogP contribution in [0, 0.1) is 0 Å². The van der Waals surface area contributed by atoms with Crippen LogP contribution in [0.5, 0.6) is 0 Å². The zero-order valence-corrected chi connectivity index (χ0v) is 8.80. The van der Waals surface area contributed by atoms with Gasteiger partial charge in [-0.2, -0.15) is 5.06 Å². The number of rotatable bonds is 2. The molecule has 1 rings (SSSR count). The molecule has 0 spiro atoms. The topological polar surface area (TPSA) is 36.4 Å². The number of hydroxylamine groups is 2. The second-order valence-corrected chi connectivity index (χ2v) is 3.66. The lowest BCUT2D eigenvalue weighted by Gasteiger charge is -2.09. The third-order valence-corrected chi connectivity index (χ3v) is 2.22. The van der Waals surface area contributed by atoms with Gasteiger partial charge in [-0.3, -0.25) is 0 Å². The molecular weight excluding hydrogens is 243 g/mol. The van der Waals surface area contributed by atoms with Gasteiger partial charge in [0.15, 0.2) is 0 Å². The first kappa shape index (κ1) is 9.92. The van der Waals surface area contributed by atoms with E-state index >= 15 is 0 Å². The molecule has 0 unspecified atom stereocenters. The van der Waals surface area contributed by atoms with Crippen molar-refractivity contribution in [2.45, 2.75) is 6.54 Å². The first-order chi connectivity index (χ1) is 5.59. The highest BCUT2D eigenvalue weighted by atomic mass is 79.9. The van der Waals surface area contributed by atoms with E-state index in [2.05, 4.69) is 20.9 Å². The zero-order chi connectivity index (χ0) is 9.14. The van der Waals surface area contributed by atoms with E-state index in [0.717, 1.165) is 15.1 Å². The lowest BCUT2D eigenvalue weighted by molar-refractivity contribution is -0.0733. The third kappa shape index (κ3) is 2.71. The van der Waals surface area contributed by atoms with Gasteiger partial charge in [-0.15, -0.1) is 0 Å². The second kappa shape index (κ2) is 4.18. The minimum atomic E-state index is 0.419. The Labute approximate surface area is 84.1 Å². The molecule has 0 aromatic carbocycles. The molecule has 0 bridgehead atoms. The van der Waals surface area contributed by atoms with Gasteiger partial charge in [0.1, 0.15) is 5.15 Å². The molecule has 1 heterocycles. The highest BCUT2D eigenvalue weighted by molar-refractivity contribution is 9.10. The summed E-state index contributed by atoms with van der Waals surface area (Å²) in [5, 5.41) is 10.5. The van der Waals surface area contributed by atoms with Crippen LogP contribution in [0.2, 0.25) is 5.15 Å². The van der Waals surface area contributed by atoms with Gasteiger partial charge in [-0.25, -0.2) is 4.98 Å². The lowest BCUT2D eigenvalue weighted by Crippen LogP contribution is -2.12. The Morgan fingerprint density at radius 1 is 1.75 bits per heavy atom. The van der Waals surface area contributed by atoms with Crippen LogP contribution in [0.25, 0.3) is 0 Å². The molecule has 12 heavy (non-hydrogen) atoms. The van der Waals surface area contributed by atoms with E-state index in [4.69, 9.17) is 16.8 Å². The predicted octanol–water partition coefficient (Wildman–Crippen LogP) is 2.32. The molecule has 0 saturated carbocycles. The average molecular weight is 252 g/mol. The van der Waals surface area contributed by atoms with Gasteiger partial charge < -0.3 is 5.21 Å². The summed E-state index contributed by atoms with van der Waals surface area (Å²) in [4.78, 5) is 3.87. The molecule has 0 atom stereocenters. The molecule has 1 N–H and O–H groups in total. The van der Waals surface area contributed by atoms with Crippen molar-refractivity contribution in [3.63, 3.8) is 0 Å². The largest absolute Gasteiger partial charge is 0.314 e. The molecule has 0 aliphatic heterocycles. The van der Waals surface area contributed by atoms with Crippen LogP contribution in [-0.4, -0.2) is 22.3 Å². The van der Waals surface area contributed by atoms with Crippen LogP contribution >= 0.6 is 27.5 Å². The van der Waals surface area contributed by atoms with E-state index in [1.807, 2.05) is 0 Å². The summed E-state index contributed by atoms with van der Waals surface area (Å²) in [7, 11) is 1.57. The van der Waals surface area contributed by atoms with Crippen molar-refractivity contribution in [2.75, 3.05) is 7.05 Å². The van der Waals surface area contributed by atoms with E-state index in [-0.39, 0.29) is 0 Å². The number of halogens is 2. The Morgan fingerprint density at radius 3 is 3.00 bits per heavy atom. The highest BCUT2D eigenvalue weighted by Crippen LogP contribution is 2.19. The first-order valence-corrected chi connectivity index (χ1v) is 4.46. The molecule has 0 saturated heterocycles. The van der Waals surface area contributed by atoms with Gasteiger partial charge in [0.2, 0.25) is 0 Å². The molecule has 66 valence electrons. The summed E-state index contributed by atoms with van der Waals surface area (Å²) in [6.45, 7) is 0.419. The smallest absolute Gasteiger partial charge is 0.129 e. The maximum absolute atomic E-state index is 8.97. The summed E-state index contributed by atoms with van der Waals surface area (Å²) >= 11 is 8.97. The Kier molecular flexibility index (Phi) is 3.46. The quantitative estimate of drug-likeness (QED) is 0.647. The second-order valence-electron chi connectivity index (χ2n) is 2.41. The van der Waals surface area contributed by atoms with Crippen molar-refractivity contribution in [2.24, 2.45) is 0 Å². The van der Waals surface area contributed by atoms with Crippen molar-refractivity contribution in [3.05, 3.63) is 27.5 Å². The Hall–Kier alpha value is -0.160. The van der Waals surface area contributed by atoms with Crippen molar-refractivity contribution >= 4 is 27.5 Å². The number of aromatic nitrogens is 1. The molecule has 0 radical (unpaired) electrons. The number of hydrogen-bond acceptors (Lipinski definition) is 3. The molecule has 1 aromatic heterocycles. The number of nitrogens with zero attached hydrogens (tertiary/aromatic N) is 2. The Morgan fingerprint density at radius 2 is 2.42 bits per heavy atom. The standard InChI is InChI=1S/C7H8BrClN2O/c1-11(12)4-5-2-7(9)10-3-6(5)8/h2-3,12H,4H2,1H3. The van der Waals surface area contributed by atoms with Crippen molar-refractivity contribution in [1.82, 2.24) is 10.0 Å². The van der Waals surface area contributed by atoms with Crippen molar-refractivity contribution in [3.8, 4) is 0 Å². The number of hydrogen-bond donors (Lipinski definition) is 1. The normalized spacial score (nSPS) is 10.8. The minimum Gasteiger partial charge on any atom is -0.314 e. The maximum Gasteiger partial charge on any atom is 0.129 e. The fourth-order valence-corrected chi connectivity index (χ4v) is 1.34. The van der Waals surface area contributed by atoms with Crippen LogP contribution in [0.1, 0.15) is 5.56 Å². The zero-order valence-electron chi connectivity index (χ0n) is 6.46. The Balaban J connectivity index is 2.90. The summed E-state index contributed by atoms with van der Waals surface area (Å²) in [5.41, 5.74) is 0.903. The van der Waals surface area contributed by atoms with E-state index < -0.39 is 0 Å². The maximum atomic E-state index is 8.97. The highest BCUT2D eigenvalue weighted by Gasteiger charge is 2.03. The van der Waals surface area contributed by atoms with Crippen LogP contribution < -0.4 is 0 Å². The average Bonchev–Trinajstić information content (AvgIpc) is 1.96. The molecule has 0 aliphatic rings. The Bertz CT molecular complexity index is 280.